The van der Waals surface area contributed by atoms with Crippen LogP contribution in [0.4, 0.5) is 0 Å². The third-order valence-corrected chi connectivity index (χ3v) is 2.70. The van der Waals surface area contributed by atoms with Gasteiger partial charge in [-0.2, -0.15) is 0 Å². The summed E-state index contributed by atoms with van der Waals surface area (Å²) in [4.78, 5) is 28.5. The molecular weight excluding hydrogens is 260 g/mol. The molecule has 0 unspecified atom stereocenters. The number of hydrogen-bond acceptors (Lipinski definition) is 4. The first kappa shape index (κ1) is 15.8. The van der Waals surface area contributed by atoms with Crippen molar-refractivity contribution in [1.29, 1.82) is 0 Å². The zero-order valence-corrected chi connectivity index (χ0v) is 11.3. The Morgan fingerprint density at radius 1 is 1.45 bits per heavy atom. The highest BCUT2D eigenvalue weighted by Crippen LogP contribution is 2.11. The van der Waals surface area contributed by atoms with Crippen LogP contribution in [-0.2, 0) is 4.79 Å². The van der Waals surface area contributed by atoms with Gasteiger partial charge < -0.3 is 15.1 Å². The lowest BCUT2D eigenvalue weighted by molar-refractivity contribution is -0.131. The fourth-order valence-electron chi connectivity index (χ4n) is 1.71. The van der Waals surface area contributed by atoms with E-state index in [2.05, 4.69) is 4.98 Å². The van der Waals surface area contributed by atoms with Gasteiger partial charge in [-0.15, -0.1) is 0 Å². The second-order valence-corrected chi connectivity index (χ2v) is 4.07. The molecule has 0 saturated heterocycles. The number of nitrogens with zero attached hydrogens (tertiary/aromatic N) is 2. The number of carboxylic acids is 1. The topological polar surface area (TPSA) is 90.7 Å². The van der Waals surface area contributed by atoms with Crippen molar-refractivity contribution < 1.29 is 19.8 Å². The molecule has 6 heteroatoms. The number of carbonyl (C=O) groups is 2. The highest BCUT2D eigenvalue weighted by atomic mass is 16.4. The van der Waals surface area contributed by atoms with Crippen molar-refractivity contribution in [2.75, 3.05) is 19.7 Å². The molecule has 0 fully saturated rings. The maximum Gasteiger partial charge on any atom is 0.328 e. The van der Waals surface area contributed by atoms with Gasteiger partial charge in [-0.1, -0.05) is 6.07 Å². The van der Waals surface area contributed by atoms with Crippen LogP contribution in [0.15, 0.2) is 24.4 Å². The van der Waals surface area contributed by atoms with E-state index in [9.17, 15) is 9.59 Å². The summed E-state index contributed by atoms with van der Waals surface area (Å²) in [6.45, 7) is 2.78. The van der Waals surface area contributed by atoms with Gasteiger partial charge in [0, 0.05) is 37.5 Å². The Labute approximate surface area is 117 Å². The van der Waals surface area contributed by atoms with E-state index in [1.165, 1.54) is 12.3 Å². The number of pyridine rings is 1. The summed E-state index contributed by atoms with van der Waals surface area (Å²) in [7, 11) is 0. The predicted molar refractivity (Wildman–Crippen MR) is 74.2 cm³/mol. The minimum atomic E-state index is -1.08. The van der Waals surface area contributed by atoms with Crippen LogP contribution >= 0.6 is 0 Å². The summed E-state index contributed by atoms with van der Waals surface area (Å²) in [6, 6.07) is 3.28. The molecule has 0 saturated carbocycles. The lowest BCUT2D eigenvalue weighted by Gasteiger charge is -2.20. The molecule has 0 bridgehead atoms. The summed E-state index contributed by atoms with van der Waals surface area (Å²) in [5, 5.41) is 17.5. The monoisotopic (exact) mass is 278 g/mol. The first-order valence-electron chi connectivity index (χ1n) is 6.36. The number of aromatic nitrogens is 1. The number of aliphatic hydroxyl groups is 1. The average molecular weight is 278 g/mol. The molecule has 1 aromatic heterocycles. The molecule has 0 aliphatic heterocycles. The molecule has 108 valence electrons. The van der Waals surface area contributed by atoms with E-state index < -0.39 is 5.97 Å². The van der Waals surface area contributed by atoms with E-state index in [0.29, 0.717) is 25.1 Å². The molecule has 0 aliphatic carbocycles. The molecule has 0 atom stereocenters. The number of amides is 1. The van der Waals surface area contributed by atoms with Crippen molar-refractivity contribution in [1.82, 2.24) is 9.88 Å². The van der Waals surface area contributed by atoms with Crippen LogP contribution in [-0.4, -0.2) is 51.7 Å². The van der Waals surface area contributed by atoms with Gasteiger partial charge in [0.05, 0.1) is 0 Å². The number of aliphatic carboxylic acids is 1. The standard InChI is InChI=1S/C14H18N2O4/c1-2-16(9-4-10-17)14(20)13-11(5-3-8-15-13)6-7-12(18)19/h3,5-8,17H,2,4,9-10H2,1H3,(H,18,19)/b7-6+. The van der Waals surface area contributed by atoms with Gasteiger partial charge in [-0.3, -0.25) is 9.78 Å². The van der Waals surface area contributed by atoms with Gasteiger partial charge >= 0.3 is 5.97 Å². The Bertz CT molecular complexity index is 500. The second kappa shape index (κ2) is 8.06. The van der Waals surface area contributed by atoms with Crippen LogP contribution < -0.4 is 0 Å². The lowest BCUT2D eigenvalue weighted by Crippen LogP contribution is -2.33. The fraction of sp³-hybridized carbons (Fsp3) is 0.357. The summed E-state index contributed by atoms with van der Waals surface area (Å²) in [6.07, 6.45) is 4.30. The SMILES string of the molecule is CCN(CCCO)C(=O)c1ncccc1/C=C/C(=O)O. The summed E-state index contributed by atoms with van der Waals surface area (Å²) in [5.74, 6) is -1.36. The molecule has 1 amide bonds. The van der Waals surface area contributed by atoms with Crippen molar-refractivity contribution in [2.45, 2.75) is 13.3 Å². The molecule has 1 heterocycles. The third kappa shape index (κ3) is 4.47. The molecule has 20 heavy (non-hydrogen) atoms. The number of hydrogen-bond donors (Lipinski definition) is 2. The number of carboxylic acid groups (broad SMARTS) is 1. The molecule has 6 nitrogen and oxygen atoms in total. The highest BCUT2D eigenvalue weighted by molar-refractivity contribution is 5.97. The predicted octanol–water partition coefficient (Wildman–Crippen LogP) is 1.02. The van der Waals surface area contributed by atoms with Gasteiger partial charge in [-0.25, -0.2) is 4.79 Å². The van der Waals surface area contributed by atoms with E-state index in [1.54, 1.807) is 17.0 Å². The smallest absolute Gasteiger partial charge is 0.328 e. The lowest BCUT2D eigenvalue weighted by atomic mass is 10.1. The Morgan fingerprint density at radius 3 is 2.80 bits per heavy atom. The fourth-order valence-corrected chi connectivity index (χ4v) is 1.71. The molecule has 0 radical (unpaired) electrons. The molecule has 0 spiro atoms. The molecular formula is C14H18N2O4. The van der Waals surface area contributed by atoms with Crippen molar-refractivity contribution in [2.24, 2.45) is 0 Å². The number of rotatable bonds is 7. The number of carbonyl (C=O) groups excluding carboxylic acids is 1. The van der Waals surface area contributed by atoms with Crippen LogP contribution in [0.5, 0.6) is 0 Å². The van der Waals surface area contributed by atoms with E-state index in [0.717, 1.165) is 6.08 Å². The summed E-state index contributed by atoms with van der Waals surface area (Å²) in [5.41, 5.74) is 0.673. The van der Waals surface area contributed by atoms with Gasteiger partial charge in [0.15, 0.2) is 0 Å². The molecule has 0 aliphatic rings. The average Bonchev–Trinajstić information content (AvgIpc) is 2.46. The molecule has 2 N–H and O–H groups in total. The first-order chi connectivity index (χ1) is 9.60. The van der Waals surface area contributed by atoms with Crippen molar-refractivity contribution in [3.63, 3.8) is 0 Å². The Kier molecular flexibility index (Phi) is 6.39. The van der Waals surface area contributed by atoms with Crippen LogP contribution in [0.1, 0.15) is 29.4 Å². The van der Waals surface area contributed by atoms with E-state index in [1.807, 2.05) is 6.92 Å². The van der Waals surface area contributed by atoms with Crippen LogP contribution in [0.25, 0.3) is 6.08 Å². The zero-order valence-electron chi connectivity index (χ0n) is 11.3. The summed E-state index contributed by atoms with van der Waals surface area (Å²) < 4.78 is 0. The maximum absolute atomic E-state index is 12.3. The number of aliphatic hydroxyl groups excluding tert-OH is 1. The van der Waals surface area contributed by atoms with E-state index >= 15 is 0 Å². The Hall–Kier alpha value is -2.21. The van der Waals surface area contributed by atoms with E-state index in [4.69, 9.17) is 10.2 Å². The largest absolute Gasteiger partial charge is 0.478 e. The van der Waals surface area contributed by atoms with Gasteiger partial charge in [0.1, 0.15) is 5.69 Å². The van der Waals surface area contributed by atoms with Crippen LogP contribution in [0, 0.1) is 0 Å². The molecule has 0 aromatic carbocycles. The Balaban J connectivity index is 2.99. The van der Waals surface area contributed by atoms with Crippen LogP contribution in [0.3, 0.4) is 0 Å². The quantitative estimate of drug-likeness (QED) is 0.727. The third-order valence-electron chi connectivity index (χ3n) is 2.70. The summed E-state index contributed by atoms with van der Waals surface area (Å²) >= 11 is 0. The van der Waals surface area contributed by atoms with Gasteiger partial charge in [-0.05, 0) is 25.5 Å². The molecule has 1 aromatic rings. The van der Waals surface area contributed by atoms with Gasteiger partial charge in [0.25, 0.3) is 5.91 Å². The van der Waals surface area contributed by atoms with Crippen molar-refractivity contribution >= 4 is 18.0 Å². The minimum Gasteiger partial charge on any atom is -0.478 e. The zero-order chi connectivity index (χ0) is 15.0. The maximum atomic E-state index is 12.3. The van der Waals surface area contributed by atoms with Crippen molar-refractivity contribution in [3.8, 4) is 0 Å². The highest BCUT2D eigenvalue weighted by Gasteiger charge is 2.17. The molecule has 1 rings (SSSR count). The van der Waals surface area contributed by atoms with Crippen molar-refractivity contribution in [3.05, 3.63) is 35.7 Å². The van der Waals surface area contributed by atoms with Gasteiger partial charge in [0.2, 0.25) is 0 Å². The normalized spacial score (nSPS) is 10.7. The Morgan fingerprint density at radius 2 is 2.20 bits per heavy atom. The second-order valence-electron chi connectivity index (χ2n) is 4.07. The first-order valence-corrected chi connectivity index (χ1v) is 6.36. The minimum absolute atomic E-state index is 0.0117. The van der Waals surface area contributed by atoms with Crippen LogP contribution in [0.2, 0.25) is 0 Å². The van der Waals surface area contributed by atoms with E-state index in [-0.39, 0.29) is 18.2 Å².